The van der Waals surface area contributed by atoms with Crippen molar-refractivity contribution in [2.24, 2.45) is 0 Å². The van der Waals surface area contributed by atoms with Crippen molar-refractivity contribution in [1.29, 1.82) is 0 Å². The minimum Gasteiger partial charge on any atom is -0.380 e. The number of hydrogen-bond acceptors (Lipinski definition) is 3. The zero-order valence-electron chi connectivity index (χ0n) is 8.14. The van der Waals surface area contributed by atoms with Crippen molar-refractivity contribution in [3.8, 4) is 0 Å². The second-order valence-corrected chi connectivity index (χ2v) is 5.18. The highest BCUT2D eigenvalue weighted by atomic mass is 79.9. The average Bonchev–Trinajstić information content (AvgIpc) is 2.66. The third kappa shape index (κ3) is 1.97. The fourth-order valence-corrected chi connectivity index (χ4v) is 3.26. The third-order valence-electron chi connectivity index (χ3n) is 2.28. The maximum atomic E-state index is 10.5. The maximum absolute atomic E-state index is 10.5. The van der Waals surface area contributed by atoms with Crippen LogP contribution in [0.2, 0.25) is 0 Å². The highest BCUT2D eigenvalue weighted by molar-refractivity contribution is 9.10. The maximum Gasteiger partial charge on any atom is 0.123 e. The van der Waals surface area contributed by atoms with Crippen molar-refractivity contribution in [1.82, 2.24) is 4.98 Å². The van der Waals surface area contributed by atoms with E-state index in [2.05, 4.69) is 20.9 Å². The van der Waals surface area contributed by atoms with E-state index in [1.807, 2.05) is 23.6 Å². The number of hydrogen-bond donors (Lipinski definition) is 1. The molecule has 0 aliphatic heterocycles. The van der Waals surface area contributed by atoms with Gasteiger partial charge in [0.05, 0.1) is 4.88 Å². The Kier molecular flexibility index (Phi) is 2.91. The van der Waals surface area contributed by atoms with Crippen molar-refractivity contribution in [3.05, 3.63) is 50.9 Å². The van der Waals surface area contributed by atoms with Crippen LogP contribution in [0.4, 0.5) is 0 Å². The number of nitrogens with zero attached hydrogens (tertiary/aromatic N) is 1. The Balaban J connectivity index is 2.48. The molecule has 2 heterocycles. The molecule has 15 heavy (non-hydrogen) atoms. The van der Waals surface area contributed by atoms with Crippen molar-refractivity contribution in [2.45, 2.75) is 12.5 Å². The van der Waals surface area contributed by atoms with Crippen LogP contribution in [0.3, 0.4) is 0 Å². The Morgan fingerprint density at radius 3 is 2.80 bits per heavy atom. The van der Waals surface area contributed by atoms with Gasteiger partial charge in [0, 0.05) is 22.4 Å². The standard InChI is InChI=1S/C11H10BrNOS/c1-11(14,8-3-2-5-13-7-8)10-9(12)4-6-15-10/h2-7,14H,1H3. The summed E-state index contributed by atoms with van der Waals surface area (Å²) in [6, 6.07) is 5.63. The van der Waals surface area contributed by atoms with Crippen LogP contribution in [0.15, 0.2) is 40.4 Å². The Bertz CT molecular complexity index is 453. The molecule has 0 spiro atoms. The molecule has 1 N–H and O–H groups in total. The van der Waals surface area contributed by atoms with Gasteiger partial charge in [0.25, 0.3) is 0 Å². The molecular weight excluding hydrogens is 274 g/mol. The monoisotopic (exact) mass is 283 g/mol. The van der Waals surface area contributed by atoms with E-state index in [9.17, 15) is 5.11 Å². The van der Waals surface area contributed by atoms with Gasteiger partial charge < -0.3 is 5.11 Å². The lowest BCUT2D eigenvalue weighted by Gasteiger charge is -2.22. The fourth-order valence-electron chi connectivity index (χ4n) is 1.42. The molecule has 2 aromatic rings. The number of rotatable bonds is 2. The molecule has 0 aromatic carbocycles. The lowest BCUT2D eigenvalue weighted by atomic mass is 9.96. The van der Waals surface area contributed by atoms with Crippen molar-refractivity contribution >= 4 is 27.3 Å². The van der Waals surface area contributed by atoms with Crippen LogP contribution in [-0.2, 0) is 5.60 Å². The second-order valence-electron chi connectivity index (χ2n) is 3.41. The number of halogens is 1. The number of pyridine rings is 1. The van der Waals surface area contributed by atoms with Crippen LogP contribution in [-0.4, -0.2) is 10.1 Å². The van der Waals surface area contributed by atoms with Crippen molar-refractivity contribution in [3.63, 3.8) is 0 Å². The molecule has 2 aromatic heterocycles. The van der Waals surface area contributed by atoms with Gasteiger partial charge in [-0.15, -0.1) is 11.3 Å². The molecule has 1 atom stereocenters. The molecule has 0 bridgehead atoms. The minimum absolute atomic E-state index is 0.799. The summed E-state index contributed by atoms with van der Waals surface area (Å²) in [7, 11) is 0. The molecule has 0 aliphatic rings. The molecule has 0 amide bonds. The van der Waals surface area contributed by atoms with Gasteiger partial charge in [-0.3, -0.25) is 4.98 Å². The van der Waals surface area contributed by atoms with E-state index < -0.39 is 5.60 Å². The molecule has 2 nitrogen and oxygen atoms in total. The first kappa shape index (κ1) is 10.8. The Hall–Kier alpha value is -0.710. The molecule has 0 saturated heterocycles. The van der Waals surface area contributed by atoms with Crippen molar-refractivity contribution in [2.75, 3.05) is 0 Å². The second kappa shape index (κ2) is 4.04. The number of thiophene rings is 1. The Morgan fingerprint density at radius 1 is 1.47 bits per heavy atom. The first-order valence-corrected chi connectivity index (χ1v) is 6.16. The topological polar surface area (TPSA) is 33.1 Å². The lowest BCUT2D eigenvalue weighted by molar-refractivity contribution is 0.105. The molecule has 0 radical (unpaired) electrons. The minimum atomic E-state index is -0.985. The van der Waals surface area contributed by atoms with E-state index in [1.54, 1.807) is 19.3 Å². The van der Waals surface area contributed by atoms with Gasteiger partial charge in [0.15, 0.2) is 0 Å². The fraction of sp³-hybridized carbons (Fsp3) is 0.182. The smallest absolute Gasteiger partial charge is 0.123 e. The van der Waals surface area contributed by atoms with Gasteiger partial charge in [0.2, 0.25) is 0 Å². The summed E-state index contributed by atoms with van der Waals surface area (Å²) in [6.45, 7) is 1.78. The van der Waals surface area contributed by atoms with Gasteiger partial charge in [-0.2, -0.15) is 0 Å². The highest BCUT2D eigenvalue weighted by Gasteiger charge is 2.29. The largest absolute Gasteiger partial charge is 0.380 e. The van der Waals surface area contributed by atoms with Crippen LogP contribution in [0.1, 0.15) is 17.4 Å². The number of aliphatic hydroxyl groups is 1. The Morgan fingerprint density at radius 2 is 2.27 bits per heavy atom. The lowest BCUT2D eigenvalue weighted by Crippen LogP contribution is -2.21. The van der Waals surface area contributed by atoms with Gasteiger partial charge in [-0.1, -0.05) is 6.07 Å². The molecule has 2 rings (SSSR count). The summed E-state index contributed by atoms with van der Waals surface area (Å²) < 4.78 is 0.932. The van der Waals surface area contributed by atoms with Gasteiger partial charge >= 0.3 is 0 Å². The van der Waals surface area contributed by atoms with Crippen LogP contribution >= 0.6 is 27.3 Å². The summed E-state index contributed by atoms with van der Waals surface area (Å²) >= 11 is 4.96. The third-order valence-corrected chi connectivity index (χ3v) is 4.33. The van der Waals surface area contributed by atoms with Crippen LogP contribution in [0, 0.1) is 0 Å². The van der Waals surface area contributed by atoms with E-state index >= 15 is 0 Å². The molecule has 4 heteroatoms. The Labute approximate surface area is 101 Å². The first-order chi connectivity index (χ1) is 7.12. The highest BCUT2D eigenvalue weighted by Crippen LogP contribution is 2.37. The average molecular weight is 284 g/mol. The van der Waals surface area contributed by atoms with Gasteiger partial charge in [-0.25, -0.2) is 0 Å². The van der Waals surface area contributed by atoms with E-state index in [0.717, 1.165) is 14.9 Å². The van der Waals surface area contributed by atoms with E-state index in [1.165, 1.54) is 11.3 Å². The summed E-state index contributed by atoms with van der Waals surface area (Å²) in [5.41, 5.74) is -0.186. The zero-order chi connectivity index (χ0) is 10.9. The SMILES string of the molecule is CC(O)(c1cccnc1)c1sccc1Br. The van der Waals surface area contributed by atoms with Crippen LogP contribution in [0.25, 0.3) is 0 Å². The van der Waals surface area contributed by atoms with Crippen LogP contribution in [0.5, 0.6) is 0 Å². The first-order valence-electron chi connectivity index (χ1n) is 4.48. The summed E-state index contributed by atoms with van der Waals surface area (Å²) in [4.78, 5) is 4.92. The molecule has 78 valence electrons. The quantitative estimate of drug-likeness (QED) is 0.919. The molecular formula is C11H10BrNOS. The van der Waals surface area contributed by atoms with E-state index in [4.69, 9.17) is 0 Å². The molecule has 1 unspecified atom stereocenters. The van der Waals surface area contributed by atoms with E-state index in [-0.39, 0.29) is 0 Å². The predicted molar refractivity (Wildman–Crippen MR) is 64.9 cm³/mol. The van der Waals surface area contributed by atoms with E-state index in [0.29, 0.717) is 0 Å². The molecule has 0 saturated carbocycles. The summed E-state index contributed by atoms with van der Waals surface area (Å²) in [6.07, 6.45) is 3.38. The zero-order valence-corrected chi connectivity index (χ0v) is 10.5. The number of aromatic nitrogens is 1. The van der Waals surface area contributed by atoms with Gasteiger partial charge in [0.1, 0.15) is 5.60 Å². The summed E-state index contributed by atoms with van der Waals surface area (Å²) in [5.74, 6) is 0. The van der Waals surface area contributed by atoms with Gasteiger partial charge in [-0.05, 0) is 40.4 Å². The molecule has 0 fully saturated rings. The molecule has 0 aliphatic carbocycles. The summed E-state index contributed by atoms with van der Waals surface area (Å²) in [5, 5.41) is 12.4. The normalized spacial score (nSPS) is 14.9. The predicted octanol–water partition coefficient (Wildman–Crippen LogP) is 3.16. The van der Waals surface area contributed by atoms with Crippen LogP contribution < -0.4 is 0 Å². The van der Waals surface area contributed by atoms with Crippen molar-refractivity contribution < 1.29 is 5.11 Å².